The molecule has 0 spiro atoms. The summed E-state index contributed by atoms with van der Waals surface area (Å²) in [6.07, 6.45) is 1.27. The van der Waals surface area contributed by atoms with Crippen LogP contribution in [0.25, 0.3) is 0 Å². The lowest BCUT2D eigenvalue weighted by Gasteiger charge is -2.07. The smallest absolute Gasteiger partial charge is 0.220 e. The third-order valence-electron chi connectivity index (χ3n) is 2.47. The van der Waals surface area contributed by atoms with Crippen molar-refractivity contribution in [2.75, 3.05) is 31.2 Å². The second-order valence-corrected chi connectivity index (χ2v) is 6.30. The van der Waals surface area contributed by atoms with Crippen molar-refractivity contribution >= 4 is 46.0 Å². The number of hydrogen-bond donors (Lipinski definition) is 2. The molecule has 1 aromatic rings. The quantitative estimate of drug-likeness (QED) is 0.596. The van der Waals surface area contributed by atoms with Crippen LogP contribution in [-0.4, -0.2) is 37.1 Å². The Morgan fingerprint density at radius 1 is 1.38 bits per heavy atom. The Morgan fingerprint density at radius 2 is 2.19 bits per heavy atom. The molecular weight excluding hydrogens is 376 g/mol. The van der Waals surface area contributed by atoms with Gasteiger partial charge in [-0.05, 0) is 31.2 Å². The molecule has 0 fully saturated rings. The number of hydrogen-bond acceptors (Lipinski definition) is 4. The van der Waals surface area contributed by atoms with Crippen molar-refractivity contribution in [1.82, 2.24) is 5.32 Å². The third kappa shape index (κ3) is 10.9. The molecule has 0 aliphatic carbocycles. The van der Waals surface area contributed by atoms with Crippen molar-refractivity contribution in [3.63, 3.8) is 0 Å². The third-order valence-corrected chi connectivity index (χ3v) is 3.91. The highest BCUT2D eigenvalue weighted by Gasteiger charge is 1.99. The number of carbonyl (C=O) groups is 1. The molecule has 1 amide bonds. The van der Waals surface area contributed by atoms with Crippen LogP contribution in [0.3, 0.4) is 0 Å². The molecular formula is C14H22BrClN2O2S. The van der Waals surface area contributed by atoms with Crippen LogP contribution in [0.5, 0.6) is 5.75 Å². The molecule has 0 unspecified atom stereocenters. The van der Waals surface area contributed by atoms with E-state index in [0.29, 0.717) is 26.1 Å². The monoisotopic (exact) mass is 396 g/mol. The summed E-state index contributed by atoms with van der Waals surface area (Å²) in [4.78, 5) is 11.3. The summed E-state index contributed by atoms with van der Waals surface area (Å²) >= 11 is 5.17. The van der Waals surface area contributed by atoms with Gasteiger partial charge in [0.25, 0.3) is 0 Å². The minimum atomic E-state index is 0. The van der Waals surface area contributed by atoms with E-state index >= 15 is 0 Å². The first-order chi connectivity index (χ1) is 9.72. The highest BCUT2D eigenvalue weighted by molar-refractivity contribution is 9.10. The van der Waals surface area contributed by atoms with E-state index in [4.69, 9.17) is 10.5 Å². The number of benzene rings is 1. The molecule has 0 radical (unpaired) electrons. The lowest BCUT2D eigenvalue weighted by Crippen LogP contribution is -2.26. The summed E-state index contributed by atoms with van der Waals surface area (Å²) in [5, 5.41) is 2.87. The molecule has 0 aliphatic heterocycles. The Labute approximate surface area is 145 Å². The van der Waals surface area contributed by atoms with Gasteiger partial charge >= 0.3 is 0 Å². The lowest BCUT2D eigenvalue weighted by atomic mass is 10.3. The Hall–Kier alpha value is -0.430. The van der Waals surface area contributed by atoms with Crippen molar-refractivity contribution in [2.45, 2.75) is 12.8 Å². The number of amides is 1. The number of rotatable bonds is 10. The molecule has 7 heteroatoms. The second kappa shape index (κ2) is 13.2. The van der Waals surface area contributed by atoms with Crippen molar-refractivity contribution in [3.8, 4) is 5.75 Å². The van der Waals surface area contributed by atoms with E-state index in [1.54, 1.807) is 11.8 Å². The average Bonchev–Trinajstić information content (AvgIpc) is 2.44. The van der Waals surface area contributed by atoms with Gasteiger partial charge in [-0.2, -0.15) is 11.8 Å². The Balaban J connectivity index is 0.00000400. The zero-order chi connectivity index (χ0) is 14.6. The van der Waals surface area contributed by atoms with Crippen LogP contribution in [0.4, 0.5) is 0 Å². The van der Waals surface area contributed by atoms with Gasteiger partial charge < -0.3 is 15.8 Å². The van der Waals surface area contributed by atoms with Crippen molar-refractivity contribution in [2.24, 2.45) is 5.73 Å². The van der Waals surface area contributed by atoms with E-state index in [0.717, 1.165) is 28.1 Å². The van der Waals surface area contributed by atoms with Crippen LogP contribution in [-0.2, 0) is 4.79 Å². The summed E-state index contributed by atoms with van der Waals surface area (Å²) in [7, 11) is 0. The van der Waals surface area contributed by atoms with E-state index in [1.807, 2.05) is 24.3 Å². The van der Waals surface area contributed by atoms with Crippen molar-refractivity contribution in [3.05, 3.63) is 28.7 Å². The minimum Gasteiger partial charge on any atom is -0.493 e. The van der Waals surface area contributed by atoms with Crippen molar-refractivity contribution in [1.29, 1.82) is 0 Å². The van der Waals surface area contributed by atoms with Gasteiger partial charge in [0, 0.05) is 28.9 Å². The Morgan fingerprint density at radius 3 is 2.90 bits per heavy atom. The van der Waals surface area contributed by atoms with Crippen LogP contribution in [0.15, 0.2) is 28.7 Å². The summed E-state index contributed by atoms with van der Waals surface area (Å²) in [5.41, 5.74) is 5.34. The molecule has 0 saturated heterocycles. The van der Waals surface area contributed by atoms with Crippen LogP contribution in [0, 0.1) is 0 Å². The Kier molecular flexibility index (Phi) is 13.0. The Bertz CT molecular complexity index is 410. The molecule has 0 aromatic heterocycles. The summed E-state index contributed by atoms with van der Waals surface area (Å²) in [6.45, 7) is 1.93. The van der Waals surface area contributed by atoms with Gasteiger partial charge in [-0.1, -0.05) is 22.0 Å². The maximum Gasteiger partial charge on any atom is 0.220 e. The van der Waals surface area contributed by atoms with Crippen LogP contribution >= 0.6 is 40.1 Å². The van der Waals surface area contributed by atoms with Gasteiger partial charge in [0.15, 0.2) is 0 Å². The minimum absolute atomic E-state index is 0. The largest absolute Gasteiger partial charge is 0.493 e. The number of thioether (sulfide) groups is 1. The van der Waals surface area contributed by atoms with Crippen LogP contribution in [0.1, 0.15) is 12.8 Å². The summed E-state index contributed by atoms with van der Waals surface area (Å²) in [5.74, 6) is 2.76. The fourth-order valence-corrected chi connectivity index (χ4v) is 2.52. The van der Waals surface area contributed by atoms with Gasteiger partial charge in [0.1, 0.15) is 5.75 Å². The molecule has 0 aliphatic rings. The number of carbonyl (C=O) groups excluding carboxylic acids is 1. The SMILES string of the molecule is Cl.NCCCC(=O)NCCSCCOc1cccc(Br)c1. The van der Waals surface area contributed by atoms with E-state index in [-0.39, 0.29) is 18.3 Å². The predicted octanol–water partition coefficient (Wildman–Crippen LogP) is 2.84. The zero-order valence-electron chi connectivity index (χ0n) is 11.8. The molecule has 1 rings (SSSR count). The molecule has 3 N–H and O–H groups in total. The number of halogens is 2. The highest BCUT2D eigenvalue weighted by atomic mass is 79.9. The molecule has 21 heavy (non-hydrogen) atoms. The van der Waals surface area contributed by atoms with Gasteiger partial charge in [-0.15, -0.1) is 12.4 Å². The molecule has 0 heterocycles. The number of nitrogens with two attached hydrogens (primary N) is 1. The van der Waals surface area contributed by atoms with E-state index in [9.17, 15) is 4.79 Å². The van der Waals surface area contributed by atoms with Gasteiger partial charge in [0.2, 0.25) is 5.91 Å². The summed E-state index contributed by atoms with van der Waals surface area (Å²) in [6, 6.07) is 7.80. The van der Waals surface area contributed by atoms with Gasteiger partial charge in [0.05, 0.1) is 6.61 Å². The lowest BCUT2D eigenvalue weighted by molar-refractivity contribution is -0.121. The topological polar surface area (TPSA) is 64.4 Å². The van der Waals surface area contributed by atoms with Crippen LogP contribution < -0.4 is 15.8 Å². The highest BCUT2D eigenvalue weighted by Crippen LogP contribution is 2.17. The molecule has 4 nitrogen and oxygen atoms in total. The molecule has 120 valence electrons. The number of nitrogens with one attached hydrogen (secondary N) is 1. The zero-order valence-corrected chi connectivity index (χ0v) is 15.1. The van der Waals surface area contributed by atoms with Crippen LogP contribution in [0.2, 0.25) is 0 Å². The van der Waals surface area contributed by atoms with Crippen molar-refractivity contribution < 1.29 is 9.53 Å². The van der Waals surface area contributed by atoms with E-state index in [2.05, 4.69) is 21.2 Å². The molecule has 1 aromatic carbocycles. The first kappa shape index (κ1) is 20.6. The van der Waals surface area contributed by atoms with E-state index < -0.39 is 0 Å². The van der Waals surface area contributed by atoms with Gasteiger partial charge in [-0.3, -0.25) is 4.79 Å². The standard InChI is InChI=1S/C14H21BrN2O2S.ClH/c15-12-3-1-4-13(11-12)19-8-10-20-9-7-17-14(18)5-2-6-16;/h1,3-4,11H,2,5-10,16H2,(H,17,18);1H. The van der Waals surface area contributed by atoms with Gasteiger partial charge in [-0.25, -0.2) is 0 Å². The predicted molar refractivity (Wildman–Crippen MR) is 95.5 cm³/mol. The molecule has 0 saturated carbocycles. The maximum absolute atomic E-state index is 11.3. The normalized spacial score (nSPS) is 9.81. The fourth-order valence-electron chi connectivity index (χ4n) is 1.49. The maximum atomic E-state index is 11.3. The summed E-state index contributed by atoms with van der Waals surface area (Å²) < 4.78 is 6.63. The average molecular weight is 398 g/mol. The molecule has 0 atom stereocenters. The van der Waals surface area contributed by atoms with E-state index in [1.165, 1.54) is 0 Å². The number of ether oxygens (including phenoxy) is 1. The second-order valence-electron chi connectivity index (χ2n) is 4.16. The molecule has 0 bridgehead atoms. The fraction of sp³-hybridized carbons (Fsp3) is 0.500. The first-order valence-corrected chi connectivity index (χ1v) is 8.60. The first-order valence-electron chi connectivity index (χ1n) is 6.65.